The summed E-state index contributed by atoms with van der Waals surface area (Å²) in [5, 5.41) is 15.2. The molecule has 0 saturated carbocycles. The van der Waals surface area contributed by atoms with E-state index in [0.29, 0.717) is 11.0 Å². The number of ether oxygens (including phenoxy) is 1. The summed E-state index contributed by atoms with van der Waals surface area (Å²) in [6.07, 6.45) is 0.238. The molecule has 4 rings (SSSR count). The number of nitrogens with zero attached hydrogens (tertiary/aromatic N) is 3. The maximum atomic E-state index is 12.7. The SMILES string of the molecule is COc1ccc(CC(=O)NCc2nnc(SCC(=O)Nc3cccc(C)c3)n2-c2cccc(C)c2C)cc1. The van der Waals surface area contributed by atoms with Gasteiger partial charge < -0.3 is 15.4 Å². The first-order valence-electron chi connectivity index (χ1n) is 12.2. The highest BCUT2D eigenvalue weighted by Crippen LogP contribution is 2.26. The van der Waals surface area contributed by atoms with Crippen LogP contribution in [0.1, 0.15) is 28.1 Å². The van der Waals surface area contributed by atoms with Gasteiger partial charge in [0.1, 0.15) is 5.75 Å². The van der Waals surface area contributed by atoms with Gasteiger partial charge in [-0.05, 0) is 73.4 Å². The van der Waals surface area contributed by atoms with Crippen LogP contribution in [-0.2, 0) is 22.6 Å². The van der Waals surface area contributed by atoms with Gasteiger partial charge in [0, 0.05) is 5.69 Å². The quantitative estimate of drug-likeness (QED) is 0.287. The molecule has 9 heteroatoms. The number of aromatic nitrogens is 3. The smallest absolute Gasteiger partial charge is 0.234 e. The molecule has 4 aromatic rings. The summed E-state index contributed by atoms with van der Waals surface area (Å²) in [6, 6.07) is 21.1. The summed E-state index contributed by atoms with van der Waals surface area (Å²) in [4.78, 5) is 25.3. The van der Waals surface area contributed by atoms with Crippen LogP contribution in [0.4, 0.5) is 5.69 Å². The Kier molecular flexibility index (Phi) is 8.81. The van der Waals surface area contributed by atoms with Gasteiger partial charge in [0.05, 0.1) is 31.5 Å². The molecule has 0 radical (unpaired) electrons. The number of rotatable bonds is 10. The Morgan fingerprint density at radius 3 is 2.45 bits per heavy atom. The van der Waals surface area contributed by atoms with Gasteiger partial charge in [-0.3, -0.25) is 14.2 Å². The molecule has 0 unspecified atom stereocenters. The molecule has 0 aliphatic rings. The van der Waals surface area contributed by atoms with E-state index >= 15 is 0 Å². The molecule has 3 aromatic carbocycles. The Hall–Kier alpha value is -4.11. The fraction of sp³-hybridized carbons (Fsp3) is 0.241. The third kappa shape index (κ3) is 6.80. The molecule has 0 aliphatic carbocycles. The van der Waals surface area contributed by atoms with Crippen molar-refractivity contribution in [2.45, 2.75) is 38.9 Å². The molecule has 0 spiro atoms. The molecular formula is C29H31N5O3S. The molecule has 0 saturated heterocycles. The number of nitrogens with one attached hydrogen (secondary N) is 2. The number of hydrogen-bond acceptors (Lipinski definition) is 6. The van der Waals surface area contributed by atoms with E-state index in [-0.39, 0.29) is 30.5 Å². The van der Waals surface area contributed by atoms with Gasteiger partial charge >= 0.3 is 0 Å². The second kappa shape index (κ2) is 12.4. The number of amides is 2. The Labute approximate surface area is 226 Å². The predicted octanol–water partition coefficient (Wildman–Crippen LogP) is 4.79. The fourth-order valence-corrected chi connectivity index (χ4v) is 4.71. The minimum Gasteiger partial charge on any atom is -0.497 e. The highest BCUT2D eigenvalue weighted by molar-refractivity contribution is 7.99. The van der Waals surface area contributed by atoms with Crippen molar-refractivity contribution in [1.29, 1.82) is 0 Å². The number of anilines is 1. The normalized spacial score (nSPS) is 10.7. The molecule has 2 amide bonds. The zero-order chi connectivity index (χ0) is 27.1. The van der Waals surface area contributed by atoms with Crippen molar-refractivity contribution in [3.05, 3.63) is 94.8 Å². The average Bonchev–Trinajstić information content (AvgIpc) is 3.31. The zero-order valence-electron chi connectivity index (χ0n) is 21.9. The lowest BCUT2D eigenvalue weighted by atomic mass is 10.1. The van der Waals surface area contributed by atoms with Crippen LogP contribution in [0.15, 0.2) is 71.9 Å². The van der Waals surface area contributed by atoms with Crippen molar-refractivity contribution >= 4 is 29.3 Å². The van der Waals surface area contributed by atoms with Crippen LogP contribution in [0.2, 0.25) is 0 Å². The van der Waals surface area contributed by atoms with Crippen LogP contribution in [-0.4, -0.2) is 39.4 Å². The van der Waals surface area contributed by atoms with Crippen LogP contribution < -0.4 is 15.4 Å². The molecule has 2 N–H and O–H groups in total. The number of carbonyl (C=O) groups is 2. The summed E-state index contributed by atoms with van der Waals surface area (Å²) < 4.78 is 7.10. The number of hydrogen-bond donors (Lipinski definition) is 2. The molecule has 1 aromatic heterocycles. The van der Waals surface area contributed by atoms with Crippen molar-refractivity contribution in [2.24, 2.45) is 0 Å². The van der Waals surface area contributed by atoms with Crippen molar-refractivity contribution in [1.82, 2.24) is 20.1 Å². The second-order valence-electron chi connectivity index (χ2n) is 8.96. The van der Waals surface area contributed by atoms with Crippen molar-refractivity contribution < 1.29 is 14.3 Å². The van der Waals surface area contributed by atoms with Gasteiger partial charge in [-0.2, -0.15) is 0 Å². The van der Waals surface area contributed by atoms with Gasteiger partial charge in [0.2, 0.25) is 11.8 Å². The number of thioether (sulfide) groups is 1. The minimum absolute atomic E-state index is 0.127. The summed E-state index contributed by atoms with van der Waals surface area (Å²) >= 11 is 1.30. The number of carbonyl (C=O) groups excluding carboxylic acids is 2. The summed E-state index contributed by atoms with van der Waals surface area (Å²) in [6.45, 7) is 6.26. The lowest BCUT2D eigenvalue weighted by molar-refractivity contribution is -0.120. The van der Waals surface area contributed by atoms with Gasteiger partial charge in [-0.25, -0.2) is 0 Å². The van der Waals surface area contributed by atoms with Crippen molar-refractivity contribution in [3.63, 3.8) is 0 Å². The molecular weight excluding hydrogens is 498 g/mol. The molecule has 8 nitrogen and oxygen atoms in total. The van der Waals surface area contributed by atoms with Crippen LogP contribution in [0.5, 0.6) is 5.75 Å². The summed E-state index contributed by atoms with van der Waals surface area (Å²) in [5.74, 6) is 1.24. The Morgan fingerprint density at radius 1 is 0.947 bits per heavy atom. The van der Waals surface area contributed by atoms with Gasteiger partial charge in [-0.15, -0.1) is 10.2 Å². The summed E-state index contributed by atoms with van der Waals surface area (Å²) in [7, 11) is 1.61. The molecule has 0 bridgehead atoms. The molecule has 0 fully saturated rings. The lowest BCUT2D eigenvalue weighted by Crippen LogP contribution is -2.26. The fourth-order valence-electron chi connectivity index (χ4n) is 3.95. The van der Waals surface area contributed by atoms with Crippen LogP contribution in [0.25, 0.3) is 5.69 Å². The lowest BCUT2D eigenvalue weighted by Gasteiger charge is -2.15. The Bertz CT molecular complexity index is 1430. The van der Waals surface area contributed by atoms with Gasteiger partial charge in [0.15, 0.2) is 11.0 Å². The standard InChI is InChI=1S/C29H31N5O3S/c1-19-7-5-9-23(15-19)31-28(36)18-38-29-33-32-26(34(29)25-10-6-8-20(2)21(25)3)17-30-27(35)16-22-11-13-24(37-4)14-12-22/h5-15H,16-18H2,1-4H3,(H,30,35)(H,31,36). The third-order valence-corrected chi connectivity index (χ3v) is 7.05. The van der Waals surface area contributed by atoms with Gasteiger partial charge in [0.25, 0.3) is 0 Å². The average molecular weight is 530 g/mol. The first-order chi connectivity index (χ1) is 18.3. The minimum atomic E-state index is -0.134. The number of benzene rings is 3. The first-order valence-corrected chi connectivity index (χ1v) is 13.2. The predicted molar refractivity (Wildman–Crippen MR) is 150 cm³/mol. The molecule has 38 heavy (non-hydrogen) atoms. The Balaban J connectivity index is 1.49. The highest BCUT2D eigenvalue weighted by atomic mass is 32.2. The van der Waals surface area contributed by atoms with Crippen LogP contribution in [0, 0.1) is 20.8 Å². The van der Waals surface area contributed by atoms with E-state index < -0.39 is 0 Å². The number of methoxy groups -OCH3 is 1. The number of aryl methyl sites for hydroxylation is 2. The van der Waals surface area contributed by atoms with E-state index in [1.54, 1.807) is 7.11 Å². The molecule has 0 aliphatic heterocycles. The topological polar surface area (TPSA) is 98.1 Å². The van der Waals surface area contributed by atoms with Crippen LogP contribution in [0.3, 0.4) is 0 Å². The molecule has 1 heterocycles. The molecule has 196 valence electrons. The van der Waals surface area contributed by atoms with E-state index in [1.807, 2.05) is 92.1 Å². The zero-order valence-corrected chi connectivity index (χ0v) is 22.8. The van der Waals surface area contributed by atoms with Crippen molar-refractivity contribution in [2.75, 3.05) is 18.2 Å². The van der Waals surface area contributed by atoms with E-state index in [9.17, 15) is 9.59 Å². The monoisotopic (exact) mass is 529 g/mol. The third-order valence-electron chi connectivity index (χ3n) is 6.12. The first kappa shape index (κ1) is 26.9. The Morgan fingerprint density at radius 2 is 1.71 bits per heavy atom. The van der Waals surface area contributed by atoms with E-state index in [1.165, 1.54) is 11.8 Å². The van der Waals surface area contributed by atoms with E-state index in [0.717, 1.165) is 39.4 Å². The molecule has 0 atom stereocenters. The van der Waals surface area contributed by atoms with Gasteiger partial charge in [-0.1, -0.05) is 48.2 Å². The largest absolute Gasteiger partial charge is 0.497 e. The maximum absolute atomic E-state index is 12.7. The summed E-state index contributed by atoms with van der Waals surface area (Å²) in [5.41, 5.74) is 5.82. The highest BCUT2D eigenvalue weighted by Gasteiger charge is 2.18. The van der Waals surface area contributed by atoms with Crippen molar-refractivity contribution in [3.8, 4) is 11.4 Å². The maximum Gasteiger partial charge on any atom is 0.234 e. The van der Waals surface area contributed by atoms with E-state index in [2.05, 4.69) is 20.8 Å². The second-order valence-corrected chi connectivity index (χ2v) is 9.90. The van der Waals surface area contributed by atoms with Crippen LogP contribution >= 0.6 is 11.8 Å². The van der Waals surface area contributed by atoms with E-state index in [4.69, 9.17) is 4.74 Å².